The molecule has 0 fully saturated rings. The zero-order chi connectivity index (χ0) is 14.7. The first kappa shape index (κ1) is 14.3. The van der Waals surface area contributed by atoms with Crippen molar-refractivity contribution in [1.82, 2.24) is 14.9 Å². The van der Waals surface area contributed by atoms with Gasteiger partial charge in [0, 0.05) is 23.6 Å². The van der Waals surface area contributed by atoms with Gasteiger partial charge < -0.3 is 19.4 Å². The molecule has 0 aliphatic carbocycles. The van der Waals surface area contributed by atoms with Crippen LogP contribution in [0.5, 0.6) is 5.88 Å². The summed E-state index contributed by atoms with van der Waals surface area (Å²) in [6.07, 6.45) is 1.66. The fourth-order valence-corrected chi connectivity index (χ4v) is 2.10. The fraction of sp³-hybridized carbons (Fsp3) is 0.429. The quantitative estimate of drug-likeness (QED) is 0.844. The third kappa shape index (κ3) is 2.75. The van der Waals surface area contributed by atoms with Gasteiger partial charge in [0.1, 0.15) is 5.69 Å². The van der Waals surface area contributed by atoms with Gasteiger partial charge in [-0.25, -0.2) is 9.78 Å². The van der Waals surface area contributed by atoms with E-state index in [0.717, 1.165) is 16.5 Å². The number of fused-ring (bicyclic) bond motifs is 1. The number of nitrogens with zero attached hydrogens (tertiary/aromatic N) is 2. The van der Waals surface area contributed by atoms with Gasteiger partial charge in [-0.05, 0) is 21.0 Å². The Bertz CT molecular complexity index is 619. The summed E-state index contributed by atoms with van der Waals surface area (Å²) in [6, 6.07) is 1.83. The Hall–Kier alpha value is -2.08. The molecule has 2 aromatic rings. The lowest BCUT2D eigenvalue weighted by atomic mass is 10.1. The van der Waals surface area contributed by atoms with Gasteiger partial charge in [0.25, 0.3) is 0 Å². The second-order valence-corrected chi connectivity index (χ2v) is 4.71. The number of methoxy groups -OCH3 is 1. The van der Waals surface area contributed by atoms with Crippen LogP contribution in [0.4, 0.5) is 0 Å². The lowest BCUT2D eigenvalue weighted by molar-refractivity contribution is 0.0518. The van der Waals surface area contributed by atoms with Crippen molar-refractivity contribution in [3.05, 3.63) is 23.5 Å². The summed E-state index contributed by atoms with van der Waals surface area (Å²) >= 11 is 0. The van der Waals surface area contributed by atoms with Gasteiger partial charge in [-0.2, -0.15) is 0 Å². The molecule has 0 saturated heterocycles. The Labute approximate surface area is 117 Å². The predicted octanol–water partition coefficient (Wildman–Crippen LogP) is 1.81. The molecular weight excluding hydrogens is 258 g/mol. The number of pyridine rings is 1. The second kappa shape index (κ2) is 5.92. The molecule has 1 N–H and O–H groups in total. The first-order valence-corrected chi connectivity index (χ1v) is 6.43. The van der Waals surface area contributed by atoms with Crippen LogP contribution in [0.15, 0.2) is 12.3 Å². The number of rotatable bonds is 5. The number of H-pyrrole nitrogens is 1. The SMILES string of the molecule is CCOC(=O)c1[nH]c2cnc(OC)cc2c1CN(C)C. The van der Waals surface area contributed by atoms with Crippen molar-refractivity contribution in [2.45, 2.75) is 13.5 Å². The Morgan fingerprint density at radius 2 is 2.20 bits per heavy atom. The van der Waals surface area contributed by atoms with Crippen LogP contribution in [-0.2, 0) is 11.3 Å². The molecule has 20 heavy (non-hydrogen) atoms. The summed E-state index contributed by atoms with van der Waals surface area (Å²) in [6.45, 7) is 2.76. The van der Waals surface area contributed by atoms with Crippen LogP contribution in [0.3, 0.4) is 0 Å². The van der Waals surface area contributed by atoms with Crippen molar-refractivity contribution in [3.8, 4) is 5.88 Å². The minimum absolute atomic E-state index is 0.344. The number of carbonyl (C=O) groups excluding carboxylic acids is 1. The standard InChI is InChI=1S/C14H19N3O3/c1-5-20-14(18)13-10(8-17(2)3)9-6-12(19-4)15-7-11(9)16-13/h6-7,16H,5,8H2,1-4H3. The van der Waals surface area contributed by atoms with Gasteiger partial charge in [-0.1, -0.05) is 0 Å². The van der Waals surface area contributed by atoms with Crippen LogP contribution in [-0.4, -0.2) is 48.6 Å². The van der Waals surface area contributed by atoms with Gasteiger partial charge in [0.05, 0.1) is 25.4 Å². The lowest BCUT2D eigenvalue weighted by Crippen LogP contribution is -2.15. The van der Waals surface area contributed by atoms with Crippen LogP contribution in [0.2, 0.25) is 0 Å². The van der Waals surface area contributed by atoms with E-state index in [4.69, 9.17) is 9.47 Å². The summed E-state index contributed by atoms with van der Waals surface area (Å²) < 4.78 is 10.2. The molecule has 0 spiro atoms. The van der Waals surface area contributed by atoms with Crippen LogP contribution in [0.1, 0.15) is 23.0 Å². The molecule has 0 radical (unpaired) electrons. The Morgan fingerprint density at radius 1 is 1.45 bits per heavy atom. The van der Waals surface area contributed by atoms with Gasteiger partial charge in [-0.15, -0.1) is 0 Å². The van der Waals surface area contributed by atoms with Gasteiger partial charge in [0.2, 0.25) is 5.88 Å². The number of esters is 1. The Kier molecular flexibility index (Phi) is 4.24. The molecule has 2 aromatic heterocycles. The van der Waals surface area contributed by atoms with Gasteiger partial charge in [0.15, 0.2) is 0 Å². The highest BCUT2D eigenvalue weighted by Gasteiger charge is 2.20. The van der Waals surface area contributed by atoms with Crippen LogP contribution >= 0.6 is 0 Å². The number of carbonyl (C=O) groups is 1. The van der Waals surface area contributed by atoms with Crippen LogP contribution in [0, 0.1) is 0 Å². The lowest BCUT2D eigenvalue weighted by Gasteiger charge is -2.10. The number of aromatic nitrogens is 2. The van der Waals surface area contributed by atoms with E-state index >= 15 is 0 Å². The largest absolute Gasteiger partial charge is 0.481 e. The predicted molar refractivity (Wildman–Crippen MR) is 76.0 cm³/mol. The monoisotopic (exact) mass is 277 g/mol. The Balaban J connectivity index is 2.57. The number of aromatic amines is 1. The Morgan fingerprint density at radius 3 is 2.80 bits per heavy atom. The molecule has 0 amide bonds. The number of nitrogens with one attached hydrogen (secondary N) is 1. The molecule has 2 rings (SSSR count). The normalized spacial score (nSPS) is 11.1. The topological polar surface area (TPSA) is 67.5 Å². The summed E-state index contributed by atoms with van der Waals surface area (Å²) in [5.41, 5.74) is 2.17. The summed E-state index contributed by atoms with van der Waals surface area (Å²) in [5.74, 6) is 0.173. The summed E-state index contributed by atoms with van der Waals surface area (Å²) in [4.78, 5) is 21.3. The van der Waals surface area contributed by atoms with Crippen molar-refractivity contribution < 1.29 is 14.3 Å². The minimum Gasteiger partial charge on any atom is -0.481 e. The first-order valence-electron chi connectivity index (χ1n) is 6.43. The van der Waals surface area contributed by atoms with E-state index in [1.54, 1.807) is 20.2 Å². The first-order chi connectivity index (χ1) is 9.56. The molecule has 0 bridgehead atoms. The van der Waals surface area contributed by atoms with E-state index in [9.17, 15) is 4.79 Å². The summed E-state index contributed by atoms with van der Waals surface area (Å²) in [7, 11) is 5.47. The highest BCUT2D eigenvalue weighted by Crippen LogP contribution is 2.26. The van der Waals surface area contributed by atoms with E-state index in [0.29, 0.717) is 24.7 Å². The maximum atomic E-state index is 12.0. The van der Waals surface area contributed by atoms with Gasteiger partial charge in [-0.3, -0.25) is 0 Å². The van der Waals surface area contributed by atoms with Crippen LogP contribution < -0.4 is 4.74 Å². The van der Waals surface area contributed by atoms with E-state index in [1.807, 2.05) is 25.1 Å². The summed E-state index contributed by atoms with van der Waals surface area (Å²) in [5, 5.41) is 0.925. The van der Waals surface area contributed by atoms with E-state index < -0.39 is 0 Å². The molecular formula is C14H19N3O3. The van der Waals surface area contributed by atoms with Crippen molar-refractivity contribution in [2.75, 3.05) is 27.8 Å². The van der Waals surface area contributed by atoms with E-state index in [1.165, 1.54) is 0 Å². The molecule has 108 valence electrons. The molecule has 0 aromatic carbocycles. The van der Waals surface area contributed by atoms with Crippen molar-refractivity contribution in [2.24, 2.45) is 0 Å². The molecule has 0 aliphatic rings. The molecule has 2 heterocycles. The third-order valence-electron chi connectivity index (χ3n) is 2.93. The molecule has 0 aliphatic heterocycles. The van der Waals surface area contributed by atoms with Crippen molar-refractivity contribution in [3.63, 3.8) is 0 Å². The number of hydrogen-bond donors (Lipinski definition) is 1. The highest BCUT2D eigenvalue weighted by molar-refractivity contribution is 5.98. The zero-order valence-corrected chi connectivity index (χ0v) is 12.2. The molecule has 0 unspecified atom stereocenters. The smallest absolute Gasteiger partial charge is 0.355 e. The average Bonchev–Trinajstić information content (AvgIpc) is 2.76. The van der Waals surface area contributed by atoms with Gasteiger partial charge >= 0.3 is 5.97 Å². The molecule has 6 nitrogen and oxygen atoms in total. The number of hydrogen-bond acceptors (Lipinski definition) is 5. The van der Waals surface area contributed by atoms with Crippen molar-refractivity contribution >= 4 is 16.9 Å². The molecule has 0 saturated carbocycles. The highest BCUT2D eigenvalue weighted by atomic mass is 16.5. The van der Waals surface area contributed by atoms with E-state index in [2.05, 4.69) is 9.97 Å². The maximum absolute atomic E-state index is 12.0. The minimum atomic E-state index is -0.348. The van der Waals surface area contributed by atoms with Crippen molar-refractivity contribution in [1.29, 1.82) is 0 Å². The average molecular weight is 277 g/mol. The van der Waals surface area contributed by atoms with Crippen LogP contribution in [0.25, 0.3) is 10.9 Å². The molecule has 6 heteroatoms. The number of ether oxygens (including phenoxy) is 2. The fourth-order valence-electron chi connectivity index (χ4n) is 2.10. The zero-order valence-electron chi connectivity index (χ0n) is 12.2. The maximum Gasteiger partial charge on any atom is 0.355 e. The molecule has 0 atom stereocenters. The third-order valence-corrected chi connectivity index (χ3v) is 2.93. The second-order valence-electron chi connectivity index (χ2n) is 4.71. The van der Waals surface area contributed by atoms with E-state index in [-0.39, 0.29) is 5.97 Å².